The molecule has 0 aromatic heterocycles. The Labute approximate surface area is 98.2 Å². The SMILES string of the molecule is O=C(O)c1c(O)cccc1Nc1ccccc1. The van der Waals surface area contributed by atoms with Gasteiger partial charge in [-0.3, -0.25) is 0 Å². The maximum atomic E-state index is 11.0. The Kier molecular flexibility index (Phi) is 2.96. The highest BCUT2D eigenvalue weighted by atomic mass is 16.4. The molecule has 0 aliphatic carbocycles. The van der Waals surface area contributed by atoms with Gasteiger partial charge in [0, 0.05) is 5.69 Å². The monoisotopic (exact) mass is 229 g/mol. The van der Waals surface area contributed by atoms with Crippen molar-refractivity contribution in [2.45, 2.75) is 0 Å². The smallest absolute Gasteiger partial charge is 0.341 e. The Hall–Kier alpha value is -2.49. The minimum atomic E-state index is -1.17. The third kappa shape index (κ3) is 2.36. The van der Waals surface area contributed by atoms with E-state index in [-0.39, 0.29) is 11.3 Å². The summed E-state index contributed by atoms with van der Waals surface area (Å²) in [6.45, 7) is 0. The predicted molar refractivity (Wildman–Crippen MR) is 64.8 cm³/mol. The average Bonchev–Trinajstić information content (AvgIpc) is 2.30. The second kappa shape index (κ2) is 4.57. The lowest BCUT2D eigenvalue weighted by molar-refractivity contribution is 0.0695. The Morgan fingerprint density at radius 3 is 2.35 bits per heavy atom. The highest BCUT2D eigenvalue weighted by Gasteiger charge is 2.14. The first-order valence-electron chi connectivity index (χ1n) is 5.06. The number of nitrogens with one attached hydrogen (secondary N) is 1. The zero-order valence-electron chi connectivity index (χ0n) is 8.92. The molecule has 4 nitrogen and oxygen atoms in total. The molecule has 2 aromatic carbocycles. The number of hydrogen-bond acceptors (Lipinski definition) is 3. The number of carboxylic acid groups (broad SMARTS) is 1. The molecule has 0 aliphatic rings. The van der Waals surface area contributed by atoms with Gasteiger partial charge < -0.3 is 15.5 Å². The topological polar surface area (TPSA) is 69.6 Å². The van der Waals surface area contributed by atoms with Crippen LogP contribution in [-0.4, -0.2) is 16.2 Å². The molecule has 2 rings (SSSR count). The average molecular weight is 229 g/mol. The largest absolute Gasteiger partial charge is 0.507 e. The molecule has 4 heteroatoms. The Morgan fingerprint density at radius 1 is 1.00 bits per heavy atom. The molecule has 0 heterocycles. The summed E-state index contributed by atoms with van der Waals surface area (Å²) >= 11 is 0. The summed E-state index contributed by atoms with van der Waals surface area (Å²) < 4.78 is 0. The molecule has 2 aromatic rings. The lowest BCUT2D eigenvalue weighted by Gasteiger charge is -2.10. The Morgan fingerprint density at radius 2 is 1.71 bits per heavy atom. The number of aromatic hydroxyl groups is 1. The van der Waals surface area contributed by atoms with Crippen molar-refractivity contribution in [3.05, 3.63) is 54.1 Å². The second-order valence-electron chi connectivity index (χ2n) is 3.50. The minimum Gasteiger partial charge on any atom is -0.507 e. The minimum absolute atomic E-state index is 0.128. The lowest BCUT2D eigenvalue weighted by Crippen LogP contribution is -2.02. The number of benzene rings is 2. The van der Waals surface area contributed by atoms with Crippen molar-refractivity contribution in [3.8, 4) is 5.75 Å². The standard InChI is InChI=1S/C13H11NO3/c15-11-8-4-7-10(12(11)13(16)17)14-9-5-2-1-3-6-9/h1-8,14-15H,(H,16,17). The fourth-order valence-electron chi connectivity index (χ4n) is 1.55. The zero-order chi connectivity index (χ0) is 12.3. The van der Waals surface area contributed by atoms with Gasteiger partial charge in [0.15, 0.2) is 0 Å². The van der Waals surface area contributed by atoms with Crippen LogP contribution >= 0.6 is 0 Å². The first-order valence-corrected chi connectivity index (χ1v) is 5.06. The number of anilines is 2. The van der Waals surface area contributed by atoms with Gasteiger partial charge in [-0.2, -0.15) is 0 Å². The lowest BCUT2D eigenvalue weighted by atomic mass is 10.1. The maximum absolute atomic E-state index is 11.0. The van der Waals surface area contributed by atoms with E-state index >= 15 is 0 Å². The summed E-state index contributed by atoms with van der Waals surface area (Å²) in [5.41, 5.74) is 1.00. The number of phenols is 1. The van der Waals surface area contributed by atoms with Crippen molar-refractivity contribution < 1.29 is 15.0 Å². The molecule has 86 valence electrons. The summed E-state index contributed by atoms with van der Waals surface area (Å²) in [4.78, 5) is 11.0. The number of para-hydroxylation sites is 1. The quantitative estimate of drug-likeness (QED) is 0.756. The molecule has 0 radical (unpaired) electrons. The van der Waals surface area contributed by atoms with E-state index in [0.717, 1.165) is 5.69 Å². The van der Waals surface area contributed by atoms with Gasteiger partial charge >= 0.3 is 5.97 Å². The van der Waals surface area contributed by atoms with E-state index in [9.17, 15) is 9.90 Å². The molecule has 0 amide bonds. The highest BCUT2D eigenvalue weighted by Crippen LogP contribution is 2.27. The van der Waals surface area contributed by atoms with Crippen molar-refractivity contribution in [1.82, 2.24) is 0 Å². The van der Waals surface area contributed by atoms with E-state index < -0.39 is 5.97 Å². The van der Waals surface area contributed by atoms with Crippen molar-refractivity contribution in [3.63, 3.8) is 0 Å². The van der Waals surface area contributed by atoms with Crippen LogP contribution in [0.2, 0.25) is 0 Å². The van der Waals surface area contributed by atoms with Gasteiger partial charge in [0.1, 0.15) is 11.3 Å². The number of rotatable bonds is 3. The van der Waals surface area contributed by atoms with E-state index in [1.807, 2.05) is 30.3 Å². The number of carbonyl (C=O) groups is 1. The van der Waals surface area contributed by atoms with Gasteiger partial charge in [0.05, 0.1) is 5.69 Å². The second-order valence-corrected chi connectivity index (χ2v) is 3.50. The van der Waals surface area contributed by atoms with Crippen LogP contribution in [0, 0.1) is 0 Å². The normalized spacial score (nSPS) is 9.88. The Balaban J connectivity index is 2.40. The van der Waals surface area contributed by atoms with Gasteiger partial charge in [-0.1, -0.05) is 24.3 Å². The Bertz CT molecular complexity index is 538. The van der Waals surface area contributed by atoms with E-state index in [0.29, 0.717) is 5.69 Å². The summed E-state index contributed by atoms with van der Waals surface area (Å²) in [5.74, 6) is -1.42. The molecule has 17 heavy (non-hydrogen) atoms. The fourth-order valence-corrected chi connectivity index (χ4v) is 1.55. The van der Waals surface area contributed by atoms with Gasteiger partial charge in [-0.15, -0.1) is 0 Å². The first kappa shape index (κ1) is 11.0. The van der Waals surface area contributed by atoms with Crippen LogP contribution in [-0.2, 0) is 0 Å². The summed E-state index contributed by atoms with van der Waals surface area (Å²) in [5, 5.41) is 21.5. The third-order valence-corrected chi connectivity index (χ3v) is 2.31. The number of carboxylic acids is 1. The molecule has 3 N–H and O–H groups in total. The molecule has 0 unspecified atom stereocenters. The van der Waals surface area contributed by atoms with E-state index in [2.05, 4.69) is 5.32 Å². The van der Waals surface area contributed by atoms with E-state index in [1.54, 1.807) is 12.1 Å². The summed E-state index contributed by atoms with van der Waals surface area (Å²) in [7, 11) is 0. The van der Waals surface area contributed by atoms with Crippen LogP contribution < -0.4 is 5.32 Å². The molecule has 0 fully saturated rings. The molecular weight excluding hydrogens is 218 g/mol. The maximum Gasteiger partial charge on any atom is 0.341 e. The van der Waals surface area contributed by atoms with Gasteiger partial charge in [-0.25, -0.2) is 4.79 Å². The molecule has 0 saturated carbocycles. The highest BCUT2D eigenvalue weighted by molar-refractivity contribution is 5.98. The van der Waals surface area contributed by atoms with Crippen LogP contribution in [0.3, 0.4) is 0 Å². The third-order valence-electron chi connectivity index (χ3n) is 2.31. The predicted octanol–water partition coefficient (Wildman–Crippen LogP) is 2.83. The summed E-state index contributed by atoms with van der Waals surface area (Å²) in [6.07, 6.45) is 0. The summed E-state index contributed by atoms with van der Waals surface area (Å²) in [6, 6.07) is 13.7. The molecular formula is C13H11NO3. The number of hydrogen-bond donors (Lipinski definition) is 3. The van der Waals surface area contributed by atoms with Gasteiger partial charge in [0.25, 0.3) is 0 Å². The van der Waals surface area contributed by atoms with Crippen LogP contribution in [0.5, 0.6) is 5.75 Å². The number of aromatic carboxylic acids is 1. The van der Waals surface area contributed by atoms with Crippen LogP contribution in [0.1, 0.15) is 10.4 Å². The molecule has 0 atom stereocenters. The van der Waals surface area contributed by atoms with Crippen LogP contribution in [0.4, 0.5) is 11.4 Å². The van der Waals surface area contributed by atoms with Crippen molar-refractivity contribution in [1.29, 1.82) is 0 Å². The van der Waals surface area contributed by atoms with Crippen LogP contribution in [0.15, 0.2) is 48.5 Å². The molecule has 0 aliphatic heterocycles. The first-order chi connectivity index (χ1) is 8.18. The van der Waals surface area contributed by atoms with E-state index in [1.165, 1.54) is 6.07 Å². The van der Waals surface area contributed by atoms with Crippen molar-refractivity contribution >= 4 is 17.3 Å². The van der Waals surface area contributed by atoms with Crippen molar-refractivity contribution in [2.24, 2.45) is 0 Å². The zero-order valence-corrected chi connectivity index (χ0v) is 8.92. The molecule has 0 spiro atoms. The molecule has 0 saturated heterocycles. The van der Waals surface area contributed by atoms with Crippen molar-refractivity contribution in [2.75, 3.05) is 5.32 Å². The fraction of sp³-hybridized carbons (Fsp3) is 0. The van der Waals surface area contributed by atoms with Gasteiger partial charge in [0.2, 0.25) is 0 Å². The van der Waals surface area contributed by atoms with E-state index in [4.69, 9.17) is 5.11 Å². The van der Waals surface area contributed by atoms with Crippen LogP contribution in [0.25, 0.3) is 0 Å². The van der Waals surface area contributed by atoms with Gasteiger partial charge in [-0.05, 0) is 24.3 Å². The molecule has 0 bridgehead atoms.